The van der Waals surface area contributed by atoms with E-state index in [4.69, 9.17) is 26.5 Å². The second kappa shape index (κ2) is 8.27. The lowest BCUT2D eigenvalue weighted by atomic mass is 9.85. The molecule has 2 N–H and O–H groups in total. The molecule has 0 radical (unpaired) electrons. The van der Waals surface area contributed by atoms with Gasteiger partial charge in [-0.15, -0.1) is 0 Å². The summed E-state index contributed by atoms with van der Waals surface area (Å²) in [6.45, 7) is 2.63. The summed E-state index contributed by atoms with van der Waals surface area (Å²) in [5, 5.41) is 17.5. The molecule has 6 nitrogen and oxygen atoms in total. The number of carbonyl (C=O) groups is 1. The van der Waals surface area contributed by atoms with Gasteiger partial charge in [0.1, 0.15) is 18.2 Å². The van der Waals surface area contributed by atoms with Crippen molar-refractivity contribution < 1.29 is 14.6 Å². The van der Waals surface area contributed by atoms with Crippen molar-refractivity contribution in [3.05, 3.63) is 75.9 Å². The lowest BCUT2D eigenvalue weighted by Gasteiger charge is -2.26. The highest BCUT2D eigenvalue weighted by Gasteiger charge is 2.33. The molecule has 3 aromatic rings. The number of anilines is 1. The summed E-state index contributed by atoms with van der Waals surface area (Å²) < 4.78 is 7.55. The van der Waals surface area contributed by atoms with Gasteiger partial charge in [-0.05, 0) is 30.7 Å². The Kier molecular flexibility index (Phi) is 5.56. The van der Waals surface area contributed by atoms with Crippen LogP contribution in [0, 0.1) is 6.92 Å². The predicted octanol–water partition coefficient (Wildman–Crippen LogP) is 3.74. The maximum Gasteiger partial charge on any atom is 0.226 e. The summed E-state index contributed by atoms with van der Waals surface area (Å²) in [6.07, 6.45) is 0.319. The van der Waals surface area contributed by atoms with Crippen LogP contribution in [0.15, 0.2) is 48.5 Å². The van der Waals surface area contributed by atoms with Crippen LogP contribution in [-0.4, -0.2) is 34.0 Å². The van der Waals surface area contributed by atoms with Crippen LogP contribution in [0.25, 0.3) is 0 Å². The minimum atomic E-state index is -0.160. The van der Waals surface area contributed by atoms with Crippen LogP contribution in [0.5, 0.6) is 5.75 Å². The number of aromatic nitrogens is 2. The number of nitrogens with zero attached hydrogens (tertiary/aromatic N) is 2. The Hall–Kier alpha value is -2.83. The van der Waals surface area contributed by atoms with E-state index in [9.17, 15) is 4.79 Å². The van der Waals surface area contributed by atoms with Gasteiger partial charge in [0.05, 0.1) is 18.8 Å². The molecule has 0 aliphatic carbocycles. The first-order valence-corrected chi connectivity index (χ1v) is 9.88. The zero-order valence-corrected chi connectivity index (χ0v) is 16.8. The number of aliphatic hydroxyl groups is 1. The Labute approximate surface area is 174 Å². The van der Waals surface area contributed by atoms with Crippen molar-refractivity contribution in [1.29, 1.82) is 0 Å². The number of aliphatic hydroxyl groups excluding tert-OH is 1. The first-order valence-electron chi connectivity index (χ1n) is 9.51. The molecule has 7 heteroatoms. The summed E-state index contributed by atoms with van der Waals surface area (Å²) in [7, 11) is 0. The zero-order chi connectivity index (χ0) is 20.4. The number of carbonyl (C=O) groups excluding carboxylic acids is 1. The van der Waals surface area contributed by atoms with Gasteiger partial charge in [-0.25, -0.2) is 4.68 Å². The topological polar surface area (TPSA) is 76.4 Å². The lowest BCUT2D eigenvalue weighted by Crippen LogP contribution is -2.25. The molecule has 2 aromatic carbocycles. The van der Waals surface area contributed by atoms with Crippen LogP contribution < -0.4 is 10.1 Å². The van der Waals surface area contributed by atoms with E-state index in [2.05, 4.69) is 5.32 Å². The molecule has 4 rings (SSSR count). The van der Waals surface area contributed by atoms with Crippen molar-refractivity contribution in [1.82, 2.24) is 9.78 Å². The van der Waals surface area contributed by atoms with Crippen molar-refractivity contribution >= 4 is 23.3 Å². The quantitative estimate of drug-likeness (QED) is 0.647. The number of rotatable bonds is 6. The van der Waals surface area contributed by atoms with Crippen LogP contribution >= 0.6 is 11.6 Å². The molecule has 0 saturated heterocycles. The Bertz CT molecular complexity index is 1030. The van der Waals surface area contributed by atoms with Gasteiger partial charge in [0.25, 0.3) is 0 Å². The van der Waals surface area contributed by atoms with E-state index in [0.29, 0.717) is 23.7 Å². The molecule has 1 aliphatic heterocycles. The largest absolute Gasteiger partial charge is 0.491 e. The van der Waals surface area contributed by atoms with E-state index >= 15 is 0 Å². The van der Waals surface area contributed by atoms with E-state index in [1.807, 2.05) is 60.1 Å². The second-order valence-corrected chi connectivity index (χ2v) is 7.48. The third-order valence-corrected chi connectivity index (χ3v) is 5.31. The van der Waals surface area contributed by atoms with Gasteiger partial charge in [0.2, 0.25) is 5.91 Å². The summed E-state index contributed by atoms with van der Waals surface area (Å²) >= 11 is 5.98. The number of aryl methyl sites for hydroxylation is 1. The fraction of sp³-hybridized carbons (Fsp3) is 0.273. The van der Waals surface area contributed by atoms with E-state index in [1.165, 1.54) is 0 Å². The Morgan fingerprint density at radius 1 is 1.24 bits per heavy atom. The Balaban J connectivity index is 1.74. The minimum Gasteiger partial charge on any atom is -0.491 e. The third-order valence-electron chi connectivity index (χ3n) is 5.06. The molecule has 2 heterocycles. The van der Waals surface area contributed by atoms with E-state index in [-0.39, 0.29) is 25.0 Å². The monoisotopic (exact) mass is 411 g/mol. The summed E-state index contributed by atoms with van der Waals surface area (Å²) in [5.41, 5.74) is 3.84. The molecular weight excluding hydrogens is 390 g/mol. The highest BCUT2D eigenvalue weighted by Crippen LogP contribution is 2.42. The van der Waals surface area contributed by atoms with Crippen molar-refractivity contribution in [2.24, 2.45) is 0 Å². The number of nitrogens with one attached hydrogen (secondary N) is 1. The molecule has 29 heavy (non-hydrogen) atoms. The fourth-order valence-electron chi connectivity index (χ4n) is 3.81. The summed E-state index contributed by atoms with van der Waals surface area (Å²) in [4.78, 5) is 12.5. The summed E-state index contributed by atoms with van der Waals surface area (Å²) in [5.74, 6) is 1.18. The Morgan fingerprint density at radius 3 is 2.76 bits per heavy atom. The molecule has 1 aliphatic rings. The van der Waals surface area contributed by atoms with Gasteiger partial charge in [0.15, 0.2) is 0 Å². The molecule has 1 aromatic heterocycles. The van der Waals surface area contributed by atoms with Crippen molar-refractivity contribution in [2.75, 3.05) is 18.5 Å². The number of hydrogen-bond donors (Lipinski definition) is 2. The zero-order valence-electron chi connectivity index (χ0n) is 16.1. The first kappa shape index (κ1) is 19.5. The smallest absolute Gasteiger partial charge is 0.226 e. The highest BCUT2D eigenvalue weighted by molar-refractivity contribution is 6.30. The third kappa shape index (κ3) is 3.99. The van der Waals surface area contributed by atoms with Gasteiger partial charge in [-0.1, -0.05) is 41.9 Å². The van der Waals surface area contributed by atoms with Crippen LogP contribution in [0.3, 0.4) is 0 Å². The number of para-hydroxylation sites is 1. The predicted molar refractivity (Wildman–Crippen MR) is 112 cm³/mol. The fourth-order valence-corrected chi connectivity index (χ4v) is 3.94. The second-order valence-electron chi connectivity index (χ2n) is 7.05. The Morgan fingerprint density at radius 2 is 2.00 bits per heavy atom. The number of halogens is 1. The maximum atomic E-state index is 12.5. The van der Waals surface area contributed by atoms with Gasteiger partial charge in [-0.3, -0.25) is 4.79 Å². The van der Waals surface area contributed by atoms with Gasteiger partial charge in [-0.2, -0.15) is 5.10 Å². The van der Waals surface area contributed by atoms with E-state index < -0.39 is 0 Å². The number of ether oxygens (including phenoxy) is 1. The van der Waals surface area contributed by atoms with E-state index in [1.54, 1.807) is 0 Å². The normalized spacial score (nSPS) is 15.7. The van der Waals surface area contributed by atoms with Crippen LogP contribution in [0.1, 0.15) is 34.7 Å². The van der Waals surface area contributed by atoms with Gasteiger partial charge >= 0.3 is 0 Å². The van der Waals surface area contributed by atoms with Crippen LogP contribution in [-0.2, 0) is 11.3 Å². The van der Waals surface area contributed by atoms with Gasteiger partial charge < -0.3 is 15.2 Å². The molecule has 0 fully saturated rings. The minimum absolute atomic E-state index is 0.0586. The lowest BCUT2D eigenvalue weighted by molar-refractivity contribution is -0.116. The van der Waals surface area contributed by atoms with Crippen LogP contribution in [0.4, 0.5) is 5.82 Å². The molecular formula is C22H22ClN3O3. The average Bonchev–Trinajstić information content (AvgIpc) is 3.03. The SMILES string of the molecule is Cc1nn(Cc2ccc(Cl)cc2)c2c1C(c1ccccc1OCCO)CC(=O)N2. The molecule has 0 spiro atoms. The standard InChI is InChI=1S/C22H22ClN3O3/c1-14-21-18(17-4-2-3-5-19(17)29-11-10-27)12-20(28)24-22(21)26(25-14)13-15-6-8-16(23)9-7-15/h2-9,18,27H,10-13H2,1H3,(H,24,28). The molecule has 1 unspecified atom stereocenters. The summed E-state index contributed by atoms with van der Waals surface area (Å²) in [6, 6.07) is 15.2. The molecule has 1 amide bonds. The number of benzene rings is 2. The van der Waals surface area contributed by atoms with Crippen molar-refractivity contribution in [3.8, 4) is 5.75 Å². The maximum absolute atomic E-state index is 12.5. The van der Waals surface area contributed by atoms with Crippen LogP contribution in [0.2, 0.25) is 5.02 Å². The number of amides is 1. The molecule has 1 atom stereocenters. The van der Waals surface area contributed by atoms with Gasteiger partial charge in [0, 0.05) is 28.5 Å². The first-order chi connectivity index (χ1) is 14.1. The highest BCUT2D eigenvalue weighted by atomic mass is 35.5. The number of fused-ring (bicyclic) bond motifs is 1. The van der Waals surface area contributed by atoms with E-state index in [0.717, 1.165) is 28.2 Å². The molecule has 0 saturated carbocycles. The van der Waals surface area contributed by atoms with Crippen molar-refractivity contribution in [2.45, 2.75) is 25.8 Å². The van der Waals surface area contributed by atoms with Crippen molar-refractivity contribution in [3.63, 3.8) is 0 Å². The molecule has 150 valence electrons. The molecule has 0 bridgehead atoms. The number of hydrogen-bond acceptors (Lipinski definition) is 4. The average molecular weight is 412 g/mol.